The highest BCUT2D eigenvalue weighted by molar-refractivity contribution is 6.33. The van der Waals surface area contributed by atoms with Gasteiger partial charge in [-0.05, 0) is 43.2 Å². The fraction of sp³-hybridized carbons (Fsp3) is 0.294. The molecule has 0 aliphatic carbocycles. The molecule has 1 N–H and O–H groups in total. The van der Waals surface area contributed by atoms with Gasteiger partial charge in [-0.15, -0.1) is 0 Å². The molecule has 3 nitrogen and oxygen atoms in total. The quantitative estimate of drug-likeness (QED) is 0.841. The number of hydrogen-bond acceptors (Lipinski definition) is 3. The average Bonchev–Trinajstić information content (AvgIpc) is 2.47. The Balaban J connectivity index is 2.15. The molecule has 0 saturated carbocycles. The summed E-state index contributed by atoms with van der Waals surface area (Å²) in [4.78, 5) is 0. The summed E-state index contributed by atoms with van der Waals surface area (Å²) in [7, 11) is 1.64. The first-order valence-corrected chi connectivity index (χ1v) is 7.32. The third-order valence-electron chi connectivity index (χ3n) is 3.22. The highest BCUT2D eigenvalue weighted by atomic mass is 35.5. The molecule has 112 valence electrons. The smallest absolute Gasteiger partial charge is 0.161 e. The summed E-state index contributed by atoms with van der Waals surface area (Å²) in [5.74, 6) is 1.50. The molecular formula is C17H20ClNO2. The zero-order valence-corrected chi connectivity index (χ0v) is 13.3. The molecule has 0 spiro atoms. The normalized spacial score (nSPS) is 10.3. The number of ether oxygens (including phenoxy) is 2. The van der Waals surface area contributed by atoms with Gasteiger partial charge in [0.25, 0.3) is 0 Å². The molecule has 0 aliphatic heterocycles. The number of para-hydroxylation sites is 1. The second-order valence-electron chi connectivity index (χ2n) is 4.70. The minimum Gasteiger partial charge on any atom is -0.493 e. The molecule has 2 aromatic rings. The molecule has 0 radical (unpaired) electrons. The maximum atomic E-state index is 6.22. The zero-order chi connectivity index (χ0) is 15.2. The monoisotopic (exact) mass is 305 g/mol. The molecule has 0 aromatic heterocycles. The maximum absolute atomic E-state index is 6.22. The van der Waals surface area contributed by atoms with Gasteiger partial charge < -0.3 is 14.8 Å². The van der Waals surface area contributed by atoms with Crippen molar-refractivity contribution in [2.24, 2.45) is 0 Å². The van der Waals surface area contributed by atoms with Gasteiger partial charge in [0.1, 0.15) is 0 Å². The fourth-order valence-corrected chi connectivity index (χ4v) is 2.43. The first-order valence-electron chi connectivity index (χ1n) is 6.94. The second-order valence-corrected chi connectivity index (χ2v) is 5.11. The van der Waals surface area contributed by atoms with Crippen LogP contribution in [0.25, 0.3) is 0 Å². The molecule has 0 amide bonds. The molecular weight excluding hydrogens is 286 g/mol. The van der Waals surface area contributed by atoms with Crippen molar-refractivity contribution in [1.82, 2.24) is 0 Å². The van der Waals surface area contributed by atoms with Gasteiger partial charge in [0, 0.05) is 6.54 Å². The Hall–Kier alpha value is -1.87. The summed E-state index contributed by atoms with van der Waals surface area (Å²) in [6.45, 7) is 5.27. The Kier molecular flexibility index (Phi) is 5.34. The van der Waals surface area contributed by atoms with Gasteiger partial charge in [0.2, 0.25) is 0 Å². The lowest BCUT2D eigenvalue weighted by molar-refractivity contribution is 0.310. The van der Waals surface area contributed by atoms with Crippen molar-refractivity contribution < 1.29 is 9.47 Å². The van der Waals surface area contributed by atoms with Crippen LogP contribution in [0.4, 0.5) is 5.69 Å². The maximum Gasteiger partial charge on any atom is 0.161 e. The molecule has 2 aromatic carbocycles. The van der Waals surface area contributed by atoms with E-state index in [0.717, 1.165) is 33.3 Å². The lowest BCUT2D eigenvalue weighted by atomic mass is 10.1. The lowest BCUT2D eigenvalue weighted by Crippen LogP contribution is -2.03. The first-order chi connectivity index (χ1) is 10.2. The van der Waals surface area contributed by atoms with Crippen molar-refractivity contribution in [2.45, 2.75) is 20.4 Å². The van der Waals surface area contributed by atoms with Crippen molar-refractivity contribution >= 4 is 17.3 Å². The standard InChI is InChI=1S/C17H20ClNO2/c1-4-21-16-10-13(8-9-15(16)20-3)11-19-17-12(2)6-5-7-14(17)18/h5-10,19H,4,11H2,1-3H3. The molecule has 0 atom stereocenters. The summed E-state index contributed by atoms with van der Waals surface area (Å²) in [5, 5.41) is 4.11. The van der Waals surface area contributed by atoms with Crippen LogP contribution in [0.3, 0.4) is 0 Å². The van der Waals surface area contributed by atoms with Crippen LogP contribution in [0.1, 0.15) is 18.1 Å². The highest BCUT2D eigenvalue weighted by Gasteiger charge is 2.07. The van der Waals surface area contributed by atoms with Crippen LogP contribution < -0.4 is 14.8 Å². The molecule has 0 heterocycles. The van der Waals surface area contributed by atoms with E-state index in [-0.39, 0.29) is 0 Å². The number of hydrogen-bond donors (Lipinski definition) is 1. The highest BCUT2D eigenvalue weighted by Crippen LogP contribution is 2.29. The molecule has 0 bridgehead atoms. The Bertz CT molecular complexity index is 593. The van der Waals surface area contributed by atoms with E-state index < -0.39 is 0 Å². The fourth-order valence-electron chi connectivity index (χ4n) is 2.15. The number of nitrogens with one attached hydrogen (secondary N) is 1. The number of methoxy groups -OCH3 is 1. The molecule has 21 heavy (non-hydrogen) atoms. The van der Waals surface area contributed by atoms with E-state index >= 15 is 0 Å². The predicted molar refractivity (Wildman–Crippen MR) is 87.7 cm³/mol. The largest absolute Gasteiger partial charge is 0.493 e. The van der Waals surface area contributed by atoms with E-state index in [4.69, 9.17) is 21.1 Å². The van der Waals surface area contributed by atoms with Crippen LogP contribution in [0.5, 0.6) is 11.5 Å². The van der Waals surface area contributed by atoms with E-state index in [1.807, 2.05) is 50.2 Å². The lowest BCUT2D eigenvalue weighted by Gasteiger charge is -2.14. The van der Waals surface area contributed by atoms with Crippen LogP contribution in [-0.4, -0.2) is 13.7 Å². The van der Waals surface area contributed by atoms with Gasteiger partial charge in [-0.3, -0.25) is 0 Å². The average molecular weight is 306 g/mol. The van der Waals surface area contributed by atoms with E-state index in [9.17, 15) is 0 Å². The van der Waals surface area contributed by atoms with Gasteiger partial charge in [0.05, 0.1) is 24.4 Å². The second kappa shape index (κ2) is 7.23. The summed E-state index contributed by atoms with van der Waals surface area (Å²) in [6, 6.07) is 11.8. The Morgan fingerprint density at radius 2 is 1.95 bits per heavy atom. The van der Waals surface area contributed by atoms with Crippen molar-refractivity contribution in [3.63, 3.8) is 0 Å². The van der Waals surface area contributed by atoms with Gasteiger partial charge in [-0.1, -0.05) is 29.8 Å². The van der Waals surface area contributed by atoms with Crippen LogP contribution >= 0.6 is 11.6 Å². The summed E-state index contributed by atoms with van der Waals surface area (Å²) in [6.07, 6.45) is 0. The number of halogens is 1. The minimum atomic E-state index is 0.608. The Morgan fingerprint density at radius 3 is 2.62 bits per heavy atom. The Morgan fingerprint density at radius 1 is 1.14 bits per heavy atom. The number of aryl methyl sites for hydroxylation is 1. The van der Waals surface area contributed by atoms with Crippen molar-refractivity contribution in [3.05, 3.63) is 52.5 Å². The molecule has 0 unspecified atom stereocenters. The molecule has 0 aliphatic rings. The predicted octanol–water partition coefficient (Wildman–Crippen LogP) is 4.67. The SMILES string of the molecule is CCOc1cc(CNc2c(C)cccc2Cl)ccc1OC. The van der Waals surface area contributed by atoms with E-state index in [1.54, 1.807) is 7.11 Å². The molecule has 0 saturated heterocycles. The zero-order valence-electron chi connectivity index (χ0n) is 12.6. The molecule has 0 fully saturated rings. The summed E-state index contributed by atoms with van der Waals surface area (Å²) in [5.41, 5.74) is 3.20. The van der Waals surface area contributed by atoms with E-state index in [2.05, 4.69) is 5.32 Å². The third-order valence-corrected chi connectivity index (χ3v) is 3.53. The van der Waals surface area contributed by atoms with E-state index in [0.29, 0.717) is 13.2 Å². The van der Waals surface area contributed by atoms with E-state index in [1.165, 1.54) is 0 Å². The molecule has 4 heteroatoms. The summed E-state index contributed by atoms with van der Waals surface area (Å²) >= 11 is 6.22. The topological polar surface area (TPSA) is 30.5 Å². The van der Waals surface area contributed by atoms with Crippen molar-refractivity contribution in [2.75, 3.05) is 19.0 Å². The van der Waals surface area contributed by atoms with Gasteiger partial charge in [-0.2, -0.15) is 0 Å². The van der Waals surface area contributed by atoms with Crippen LogP contribution in [0.15, 0.2) is 36.4 Å². The number of anilines is 1. The number of rotatable bonds is 6. The van der Waals surface area contributed by atoms with Crippen LogP contribution in [0.2, 0.25) is 5.02 Å². The van der Waals surface area contributed by atoms with Crippen molar-refractivity contribution in [1.29, 1.82) is 0 Å². The Labute approximate surface area is 130 Å². The third kappa shape index (κ3) is 3.82. The van der Waals surface area contributed by atoms with Crippen molar-refractivity contribution in [3.8, 4) is 11.5 Å². The molecule has 2 rings (SSSR count). The summed E-state index contributed by atoms with van der Waals surface area (Å²) < 4.78 is 10.9. The minimum absolute atomic E-state index is 0.608. The van der Waals surface area contributed by atoms with Gasteiger partial charge >= 0.3 is 0 Å². The van der Waals surface area contributed by atoms with Gasteiger partial charge in [0.15, 0.2) is 11.5 Å². The first kappa shape index (κ1) is 15.5. The van der Waals surface area contributed by atoms with Crippen LogP contribution in [-0.2, 0) is 6.54 Å². The number of benzene rings is 2. The van der Waals surface area contributed by atoms with Gasteiger partial charge in [-0.25, -0.2) is 0 Å². The van der Waals surface area contributed by atoms with Crippen LogP contribution in [0, 0.1) is 6.92 Å².